The fourth-order valence-electron chi connectivity index (χ4n) is 2.00. The topological polar surface area (TPSA) is 149 Å². The first-order chi connectivity index (χ1) is 9.10. The first-order valence-corrected chi connectivity index (χ1v) is 6.04. The van der Waals surface area contributed by atoms with E-state index in [0.717, 1.165) is 0 Å². The minimum atomic E-state index is -2.18. The summed E-state index contributed by atoms with van der Waals surface area (Å²) in [7, 11) is 0. The van der Waals surface area contributed by atoms with Gasteiger partial charge in [0, 0.05) is 0 Å². The van der Waals surface area contributed by atoms with Crippen LogP contribution >= 0.6 is 0 Å². The summed E-state index contributed by atoms with van der Waals surface area (Å²) in [4.78, 5) is 44.7. The molecule has 0 unspecified atom stereocenters. The zero-order chi connectivity index (χ0) is 16.1. The first-order valence-electron chi connectivity index (χ1n) is 6.04. The maximum Gasteiger partial charge on any atom is 0.321 e. The molecule has 4 N–H and O–H groups in total. The van der Waals surface area contributed by atoms with Gasteiger partial charge in [-0.15, -0.1) is 0 Å². The Labute approximate surface area is 115 Å². The number of carboxylic acids is 4. The molecule has 0 aliphatic carbocycles. The van der Waals surface area contributed by atoms with Gasteiger partial charge in [0.1, 0.15) is 0 Å². The Morgan fingerprint density at radius 3 is 0.950 bits per heavy atom. The fraction of sp³-hybridized carbons (Fsp3) is 0.667. The van der Waals surface area contributed by atoms with Crippen LogP contribution in [-0.4, -0.2) is 44.3 Å². The zero-order valence-electron chi connectivity index (χ0n) is 11.3. The molecule has 0 heterocycles. The van der Waals surface area contributed by atoms with Crippen molar-refractivity contribution < 1.29 is 39.6 Å². The van der Waals surface area contributed by atoms with Crippen LogP contribution in [-0.2, 0) is 19.2 Å². The number of carbonyl (C=O) groups is 4. The highest BCUT2D eigenvalue weighted by atomic mass is 16.4. The highest BCUT2D eigenvalue weighted by molar-refractivity contribution is 6.00. The second kappa shape index (κ2) is 6.36. The second-order valence-corrected chi connectivity index (χ2v) is 4.59. The lowest BCUT2D eigenvalue weighted by Crippen LogP contribution is -2.44. The molecule has 0 fully saturated rings. The summed E-state index contributed by atoms with van der Waals surface area (Å²) in [6.07, 6.45) is -1.67. The van der Waals surface area contributed by atoms with Gasteiger partial charge in [-0.25, -0.2) is 0 Å². The van der Waals surface area contributed by atoms with Gasteiger partial charge in [-0.2, -0.15) is 0 Å². The lowest BCUT2D eigenvalue weighted by atomic mass is 9.72. The fourth-order valence-corrected chi connectivity index (χ4v) is 2.00. The molecule has 20 heavy (non-hydrogen) atoms. The molecule has 0 radical (unpaired) electrons. The molecule has 0 aromatic heterocycles. The Balaban J connectivity index is 5.48. The molecule has 0 aromatic carbocycles. The van der Waals surface area contributed by atoms with Crippen LogP contribution in [0.3, 0.4) is 0 Å². The molecule has 0 bridgehead atoms. The molecule has 0 aliphatic heterocycles. The molecule has 8 nitrogen and oxygen atoms in total. The van der Waals surface area contributed by atoms with E-state index in [2.05, 4.69) is 0 Å². The van der Waals surface area contributed by atoms with Crippen molar-refractivity contribution in [3.63, 3.8) is 0 Å². The predicted octanol–water partition coefficient (Wildman–Crippen LogP) is 0.898. The molecule has 8 heteroatoms. The monoisotopic (exact) mass is 290 g/mol. The lowest BCUT2D eigenvalue weighted by Gasteiger charge is -2.29. The maximum atomic E-state index is 11.2. The minimum absolute atomic E-state index is 0.267. The Morgan fingerprint density at radius 1 is 0.650 bits per heavy atom. The SMILES string of the molecule is CCC(CCC(CC)(C(=O)O)C(=O)O)(C(=O)O)C(=O)O. The number of hydrogen-bond acceptors (Lipinski definition) is 4. The van der Waals surface area contributed by atoms with E-state index in [1.807, 2.05) is 0 Å². The molecule has 0 aliphatic rings. The molecule has 0 saturated carbocycles. The van der Waals surface area contributed by atoms with E-state index in [-0.39, 0.29) is 12.8 Å². The summed E-state index contributed by atoms with van der Waals surface area (Å²) >= 11 is 0. The van der Waals surface area contributed by atoms with Crippen LogP contribution in [0.25, 0.3) is 0 Å². The molecular weight excluding hydrogens is 272 g/mol. The van der Waals surface area contributed by atoms with Gasteiger partial charge in [-0.3, -0.25) is 19.2 Å². The minimum Gasteiger partial charge on any atom is -0.480 e. The van der Waals surface area contributed by atoms with Gasteiger partial charge in [0.15, 0.2) is 10.8 Å². The van der Waals surface area contributed by atoms with E-state index in [4.69, 9.17) is 20.4 Å². The van der Waals surface area contributed by atoms with Gasteiger partial charge in [-0.05, 0) is 25.7 Å². The lowest BCUT2D eigenvalue weighted by molar-refractivity contribution is -0.172. The number of rotatable bonds is 9. The van der Waals surface area contributed by atoms with E-state index < -0.39 is 47.5 Å². The molecule has 0 amide bonds. The average molecular weight is 290 g/mol. The smallest absolute Gasteiger partial charge is 0.321 e. The summed E-state index contributed by atoms with van der Waals surface area (Å²) in [5.74, 6) is -6.41. The molecule has 0 spiro atoms. The van der Waals surface area contributed by atoms with Gasteiger partial charge in [-0.1, -0.05) is 13.8 Å². The Hall–Kier alpha value is -2.12. The van der Waals surface area contributed by atoms with Crippen LogP contribution in [0.2, 0.25) is 0 Å². The zero-order valence-corrected chi connectivity index (χ0v) is 11.3. The third kappa shape index (κ3) is 2.89. The molecular formula is C12H18O8. The van der Waals surface area contributed by atoms with Crippen molar-refractivity contribution in [1.82, 2.24) is 0 Å². The maximum absolute atomic E-state index is 11.2. The molecule has 0 rings (SSSR count). The van der Waals surface area contributed by atoms with Crippen LogP contribution < -0.4 is 0 Å². The van der Waals surface area contributed by atoms with Crippen LogP contribution in [0, 0.1) is 10.8 Å². The summed E-state index contributed by atoms with van der Waals surface area (Å²) in [5, 5.41) is 36.3. The van der Waals surface area contributed by atoms with Crippen molar-refractivity contribution in [2.75, 3.05) is 0 Å². The predicted molar refractivity (Wildman–Crippen MR) is 65.2 cm³/mol. The largest absolute Gasteiger partial charge is 0.480 e. The Kier molecular flexibility index (Phi) is 5.68. The summed E-state index contributed by atoms with van der Waals surface area (Å²) in [6.45, 7) is 2.69. The van der Waals surface area contributed by atoms with Crippen molar-refractivity contribution in [2.45, 2.75) is 39.5 Å². The van der Waals surface area contributed by atoms with E-state index >= 15 is 0 Å². The van der Waals surface area contributed by atoms with Crippen molar-refractivity contribution in [1.29, 1.82) is 0 Å². The van der Waals surface area contributed by atoms with E-state index in [1.54, 1.807) is 0 Å². The number of hydrogen-bond donors (Lipinski definition) is 4. The van der Waals surface area contributed by atoms with E-state index in [9.17, 15) is 19.2 Å². The van der Waals surface area contributed by atoms with Crippen molar-refractivity contribution in [3.8, 4) is 0 Å². The normalized spacial score (nSPS) is 11.9. The van der Waals surface area contributed by atoms with Crippen LogP contribution in [0.5, 0.6) is 0 Å². The third-order valence-corrected chi connectivity index (χ3v) is 3.82. The molecule has 0 saturated heterocycles. The van der Waals surface area contributed by atoms with Crippen molar-refractivity contribution in [3.05, 3.63) is 0 Å². The Bertz CT molecular complexity index is 357. The molecule has 0 atom stereocenters. The average Bonchev–Trinajstić information content (AvgIpc) is 2.33. The second-order valence-electron chi connectivity index (χ2n) is 4.59. The van der Waals surface area contributed by atoms with Gasteiger partial charge >= 0.3 is 23.9 Å². The van der Waals surface area contributed by atoms with Gasteiger partial charge in [0.25, 0.3) is 0 Å². The van der Waals surface area contributed by atoms with Gasteiger partial charge in [0.05, 0.1) is 0 Å². The highest BCUT2D eigenvalue weighted by Crippen LogP contribution is 2.37. The Morgan fingerprint density at radius 2 is 0.850 bits per heavy atom. The van der Waals surface area contributed by atoms with E-state index in [0.29, 0.717) is 0 Å². The summed E-state index contributed by atoms with van der Waals surface area (Å²) in [6, 6.07) is 0. The number of aliphatic carboxylic acids is 4. The van der Waals surface area contributed by atoms with E-state index in [1.165, 1.54) is 13.8 Å². The van der Waals surface area contributed by atoms with Crippen molar-refractivity contribution >= 4 is 23.9 Å². The first kappa shape index (κ1) is 17.9. The third-order valence-electron chi connectivity index (χ3n) is 3.82. The standard InChI is InChI=1S/C12H18O8/c1-3-11(7(13)14,8(15)16)5-6-12(4-2,9(17)18)10(19)20/h3-6H2,1-2H3,(H,13,14)(H,15,16)(H,17,18)(H,19,20). The van der Waals surface area contributed by atoms with Gasteiger partial charge in [0.2, 0.25) is 0 Å². The molecule has 0 aromatic rings. The van der Waals surface area contributed by atoms with Crippen LogP contribution in [0.4, 0.5) is 0 Å². The quantitative estimate of drug-likeness (QED) is 0.457. The van der Waals surface area contributed by atoms with Gasteiger partial charge < -0.3 is 20.4 Å². The molecule has 114 valence electrons. The summed E-state index contributed by atoms with van der Waals surface area (Å²) in [5.41, 5.74) is -4.35. The van der Waals surface area contributed by atoms with Crippen molar-refractivity contribution in [2.24, 2.45) is 10.8 Å². The van der Waals surface area contributed by atoms with Crippen LogP contribution in [0.15, 0.2) is 0 Å². The van der Waals surface area contributed by atoms with Crippen LogP contribution in [0.1, 0.15) is 39.5 Å². The highest BCUT2D eigenvalue weighted by Gasteiger charge is 2.51. The summed E-state index contributed by atoms with van der Waals surface area (Å²) < 4.78 is 0. The number of carboxylic acid groups (broad SMARTS) is 4.